The summed E-state index contributed by atoms with van der Waals surface area (Å²) in [5.41, 5.74) is 1.68. The van der Waals surface area contributed by atoms with E-state index in [4.69, 9.17) is 28.5 Å². The summed E-state index contributed by atoms with van der Waals surface area (Å²) in [6, 6.07) is 17.3. The van der Waals surface area contributed by atoms with E-state index in [1.54, 1.807) is 83.2 Å². The number of hydrogen-bond donors (Lipinski definition) is 0. The molecule has 0 aliphatic carbocycles. The van der Waals surface area contributed by atoms with Gasteiger partial charge in [0.1, 0.15) is 17.2 Å². The molecule has 0 radical (unpaired) electrons. The van der Waals surface area contributed by atoms with E-state index in [2.05, 4.69) is 10.1 Å². The number of ether oxygens (including phenoxy) is 5. The lowest BCUT2D eigenvalue weighted by atomic mass is 10.0. The van der Waals surface area contributed by atoms with Gasteiger partial charge in [0, 0.05) is 17.1 Å². The number of methoxy groups -OCH3 is 5. The molecule has 0 fully saturated rings. The Morgan fingerprint density at radius 3 is 1.95 bits per heavy atom. The summed E-state index contributed by atoms with van der Waals surface area (Å²) in [6.45, 7) is 0. The summed E-state index contributed by atoms with van der Waals surface area (Å²) in [7, 11) is 7.76. The van der Waals surface area contributed by atoms with Gasteiger partial charge in [0.15, 0.2) is 23.0 Å². The number of oxime groups is 1. The van der Waals surface area contributed by atoms with E-state index in [0.717, 1.165) is 5.39 Å². The molecule has 4 rings (SSSR count). The first-order chi connectivity index (χ1) is 18.0. The second kappa shape index (κ2) is 11.3. The van der Waals surface area contributed by atoms with E-state index in [-0.39, 0.29) is 0 Å². The zero-order valence-corrected chi connectivity index (χ0v) is 21.1. The van der Waals surface area contributed by atoms with Gasteiger partial charge in [-0.25, -0.2) is 4.79 Å². The van der Waals surface area contributed by atoms with E-state index in [1.165, 1.54) is 7.11 Å². The Labute approximate surface area is 214 Å². The third kappa shape index (κ3) is 5.25. The lowest BCUT2D eigenvalue weighted by Gasteiger charge is -2.14. The van der Waals surface area contributed by atoms with Gasteiger partial charge >= 0.3 is 5.97 Å². The summed E-state index contributed by atoms with van der Waals surface area (Å²) in [6.07, 6.45) is 1.64. The number of aromatic nitrogens is 1. The Balaban J connectivity index is 1.86. The molecule has 9 nitrogen and oxygen atoms in total. The Bertz CT molecular complexity index is 1450. The highest BCUT2D eigenvalue weighted by molar-refractivity contribution is 6.18. The van der Waals surface area contributed by atoms with Crippen LogP contribution in [0.1, 0.15) is 21.6 Å². The van der Waals surface area contributed by atoms with Crippen LogP contribution < -0.4 is 23.7 Å². The Kier molecular flexibility index (Phi) is 7.73. The molecule has 190 valence electrons. The molecular formula is C28H26N2O7. The van der Waals surface area contributed by atoms with Crippen molar-refractivity contribution in [1.29, 1.82) is 0 Å². The molecule has 0 N–H and O–H groups in total. The van der Waals surface area contributed by atoms with Gasteiger partial charge in [0.2, 0.25) is 0 Å². The van der Waals surface area contributed by atoms with Crippen LogP contribution in [0.4, 0.5) is 0 Å². The van der Waals surface area contributed by atoms with Crippen LogP contribution in [0.5, 0.6) is 28.7 Å². The predicted molar refractivity (Wildman–Crippen MR) is 138 cm³/mol. The van der Waals surface area contributed by atoms with Gasteiger partial charge < -0.3 is 28.5 Å². The van der Waals surface area contributed by atoms with Crippen LogP contribution in [-0.4, -0.2) is 52.2 Å². The summed E-state index contributed by atoms with van der Waals surface area (Å²) in [5, 5.41) is 5.81. The second-order valence-electron chi connectivity index (χ2n) is 7.70. The molecule has 0 aliphatic rings. The monoisotopic (exact) mass is 502 g/mol. The minimum atomic E-state index is -0.639. The maximum atomic E-state index is 12.8. The Morgan fingerprint density at radius 1 is 0.676 bits per heavy atom. The largest absolute Gasteiger partial charge is 0.497 e. The highest BCUT2D eigenvalue weighted by atomic mass is 16.7. The normalized spacial score (nSPS) is 11.1. The summed E-state index contributed by atoms with van der Waals surface area (Å²) >= 11 is 0. The smallest absolute Gasteiger partial charge is 0.365 e. The maximum Gasteiger partial charge on any atom is 0.365 e. The van der Waals surface area contributed by atoms with Crippen molar-refractivity contribution in [3.8, 4) is 28.7 Å². The molecule has 0 amide bonds. The highest BCUT2D eigenvalue weighted by Crippen LogP contribution is 2.35. The first-order valence-electron chi connectivity index (χ1n) is 11.2. The number of hydrogen-bond acceptors (Lipinski definition) is 9. The molecule has 0 bridgehead atoms. The van der Waals surface area contributed by atoms with E-state index < -0.39 is 5.97 Å². The number of fused-ring (bicyclic) bond motifs is 1. The van der Waals surface area contributed by atoms with Crippen LogP contribution >= 0.6 is 0 Å². The molecule has 0 spiro atoms. The minimum absolute atomic E-state index is 0.306. The predicted octanol–water partition coefficient (Wildman–Crippen LogP) is 4.89. The van der Waals surface area contributed by atoms with Gasteiger partial charge in [-0.2, -0.15) is 0 Å². The van der Waals surface area contributed by atoms with Crippen molar-refractivity contribution in [2.24, 2.45) is 5.16 Å². The quantitative estimate of drug-likeness (QED) is 0.181. The molecule has 0 aliphatic heterocycles. The van der Waals surface area contributed by atoms with Crippen molar-refractivity contribution < 1.29 is 33.3 Å². The molecule has 37 heavy (non-hydrogen) atoms. The van der Waals surface area contributed by atoms with Crippen molar-refractivity contribution in [2.45, 2.75) is 0 Å². The fraction of sp³-hybridized carbons (Fsp3) is 0.179. The average Bonchev–Trinajstić information content (AvgIpc) is 2.96. The molecule has 1 aromatic heterocycles. The average molecular weight is 503 g/mol. The maximum absolute atomic E-state index is 12.8. The molecular weight excluding hydrogens is 476 g/mol. The van der Waals surface area contributed by atoms with Crippen LogP contribution in [0.15, 0.2) is 72.0 Å². The van der Waals surface area contributed by atoms with Gasteiger partial charge in [0.05, 0.1) is 41.1 Å². The molecule has 4 aromatic rings. The van der Waals surface area contributed by atoms with E-state index in [1.807, 2.05) is 12.1 Å². The van der Waals surface area contributed by atoms with Crippen molar-refractivity contribution in [3.05, 3.63) is 83.7 Å². The zero-order valence-electron chi connectivity index (χ0n) is 21.1. The third-order valence-electron chi connectivity index (χ3n) is 5.70. The second-order valence-corrected chi connectivity index (χ2v) is 7.70. The zero-order chi connectivity index (χ0) is 26.4. The topological polar surface area (TPSA) is 97.7 Å². The van der Waals surface area contributed by atoms with Crippen molar-refractivity contribution in [3.63, 3.8) is 0 Å². The summed E-state index contributed by atoms with van der Waals surface area (Å²) in [5.74, 6) is 2.09. The van der Waals surface area contributed by atoms with Gasteiger partial charge in [-0.3, -0.25) is 4.98 Å². The Morgan fingerprint density at radius 2 is 1.30 bits per heavy atom. The van der Waals surface area contributed by atoms with Crippen LogP contribution in [0.3, 0.4) is 0 Å². The fourth-order valence-corrected chi connectivity index (χ4v) is 3.77. The molecule has 0 atom stereocenters. The first kappa shape index (κ1) is 25.3. The van der Waals surface area contributed by atoms with Crippen LogP contribution in [-0.2, 0) is 4.84 Å². The molecule has 1 heterocycles. The first-order valence-corrected chi connectivity index (χ1v) is 11.2. The number of nitrogens with zero attached hydrogens (tertiary/aromatic N) is 2. The van der Waals surface area contributed by atoms with Crippen LogP contribution in [0, 0.1) is 0 Å². The number of benzene rings is 3. The Hall–Kier alpha value is -4.79. The van der Waals surface area contributed by atoms with Crippen molar-refractivity contribution >= 4 is 22.5 Å². The van der Waals surface area contributed by atoms with Crippen LogP contribution in [0.25, 0.3) is 10.8 Å². The van der Waals surface area contributed by atoms with E-state index in [9.17, 15) is 4.79 Å². The SMILES string of the molecule is COc1ccc(C(=O)O/N=C(/c2ccc(OC)c(OC)c2)c2nccc3cc(OC)c(OC)cc23)cc1. The van der Waals surface area contributed by atoms with Gasteiger partial charge in [-0.1, -0.05) is 5.16 Å². The highest BCUT2D eigenvalue weighted by Gasteiger charge is 2.19. The summed E-state index contributed by atoms with van der Waals surface area (Å²) < 4.78 is 26.9. The number of carbonyl (C=O) groups excluding carboxylic acids is 1. The van der Waals surface area contributed by atoms with Gasteiger partial charge in [-0.05, 0) is 66.0 Å². The standard InChI is InChI=1S/C28H26N2O7/c1-32-20-9-6-17(7-10-20)28(31)37-30-26(19-8-11-22(33-2)23(15-19)34-3)27-21-16-25(36-5)24(35-4)14-18(21)12-13-29-27/h6-16H,1-5H3/b30-26-. The van der Waals surface area contributed by atoms with Crippen LogP contribution in [0.2, 0.25) is 0 Å². The molecule has 0 unspecified atom stereocenters. The van der Waals surface area contributed by atoms with E-state index >= 15 is 0 Å². The summed E-state index contributed by atoms with van der Waals surface area (Å²) in [4.78, 5) is 22.8. The third-order valence-corrected chi connectivity index (χ3v) is 5.70. The van der Waals surface area contributed by atoms with Gasteiger partial charge in [0.25, 0.3) is 0 Å². The fourth-order valence-electron chi connectivity index (χ4n) is 3.77. The minimum Gasteiger partial charge on any atom is -0.497 e. The number of rotatable bonds is 9. The van der Waals surface area contributed by atoms with Crippen molar-refractivity contribution in [1.82, 2.24) is 4.98 Å². The molecule has 9 heteroatoms. The lowest BCUT2D eigenvalue weighted by Crippen LogP contribution is -2.11. The van der Waals surface area contributed by atoms with Crippen molar-refractivity contribution in [2.75, 3.05) is 35.5 Å². The number of pyridine rings is 1. The van der Waals surface area contributed by atoms with E-state index in [0.29, 0.717) is 56.7 Å². The number of carbonyl (C=O) groups is 1. The van der Waals surface area contributed by atoms with Gasteiger partial charge in [-0.15, -0.1) is 0 Å². The molecule has 3 aromatic carbocycles. The lowest BCUT2D eigenvalue weighted by molar-refractivity contribution is 0.0517. The molecule has 0 saturated heterocycles. The molecule has 0 saturated carbocycles.